The van der Waals surface area contributed by atoms with Gasteiger partial charge in [0, 0.05) is 37.4 Å². The van der Waals surface area contributed by atoms with Crippen LogP contribution < -0.4 is 10.1 Å². The van der Waals surface area contributed by atoms with Gasteiger partial charge in [-0.2, -0.15) is 0 Å². The number of nitrogens with one attached hydrogen (secondary N) is 1. The number of para-hydroxylation sites is 1. The molecular weight excluding hydrogens is 493 g/mol. The Bertz CT molecular complexity index is 1460. The van der Waals surface area contributed by atoms with E-state index in [0.717, 1.165) is 16.3 Å². The molecule has 200 valence electrons. The highest BCUT2D eigenvalue weighted by molar-refractivity contribution is 6.08. The van der Waals surface area contributed by atoms with Gasteiger partial charge in [-0.05, 0) is 66.6 Å². The molecule has 0 bridgehead atoms. The molecule has 39 heavy (non-hydrogen) atoms. The van der Waals surface area contributed by atoms with Crippen molar-refractivity contribution in [1.82, 2.24) is 9.80 Å². The van der Waals surface area contributed by atoms with E-state index in [4.69, 9.17) is 4.74 Å². The highest BCUT2D eigenvalue weighted by atomic mass is 19.1. The van der Waals surface area contributed by atoms with Crippen LogP contribution in [0.25, 0.3) is 10.8 Å². The first-order valence-corrected chi connectivity index (χ1v) is 13.2. The van der Waals surface area contributed by atoms with E-state index in [1.54, 1.807) is 18.2 Å². The number of carbonyl (C=O) groups is 2. The first kappa shape index (κ1) is 26.4. The summed E-state index contributed by atoms with van der Waals surface area (Å²) < 4.78 is 19.3. The molecule has 0 radical (unpaired) electrons. The predicted octanol–water partition coefficient (Wildman–Crippen LogP) is 5.73. The maximum Gasteiger partial charge on any atom is 0.260 e. The predicted molar refractivity (Wildman–Crippen MR) is 151 cm³/mol. The first-order chi connectivity index (χ1) is 18.9. The summed E-state index contributed by atoms with van der Waals surface area (Å²) in [5.74, 6) is -0.307. The van der Waals surface area contributed by atoms with E-state index in [1.807, 2.05) is 72.5 Å². The summed E-state index contributed by atoms with van der Waals surface area (Å²) in [5.41, 5.74) is 2.09. The second-order valence-electron chi connectivity index (χ2n) is 10.1. The van der Waals surface area contributed by atoms with E-state index in [1.165, 1.54) is 12.1 Å². The summed E-state index contributed by atoms with van der Waals surface area (Å²) in [4.78, 5) is 30.7. The zero-order valence-corrected chi connectivity index (χ0v) is 22.1. The number of piperazine rings is 1. The average Bonchev–Trinajstić information content (AvgIpc) is 2.94. The standard InChI is InChI=1S/C32H32FN3O3/c1-22-19-36(23(2)18-35(22)20-24-12-14-27(33)15-13-24)31(37)21-39-30-17-26-9-7-6-8-25(26)16-29(30)32(38)34-28-10-4-3-5-11-28/h3-17,22-23H,18-21H2,1-2H3,(H,34,38)/t22-,23+/m0/s1. The number of carbonyl (C=O) groups excluding carboxylic acids is 2. The van der Waals surface area contributed by atoms with E-state index in [0.29, 0.717) is 36.6 Å². The maximum absolute atomic E-state index is 13.3. The van der Waals surface area contributed by atoms with Gasteiger partial charge in [0.25, 0.3) is 11.8 Å². The third-order valence-corrected chi connectivity index (χ3v) is 7.21. The lowest BCUT2D eigenvalue weighted by Gasteiger charge is -2.44. The first-order valence-electron chi connectivity index (χ1n) is 13.2. The molecule has 1 fully saturated rings. The smallest absolute Gasteiger partial charge is 0.260 e. The van der Waals surface area contributed by atoms with Crippen molar-refractivity contribution in [2.75, 3.05) is 25.0 Å². The fraction of sp³-hybridized carbons (Fsp3) is 0.250. The number of anilines is 1. The third-order valence-electron chi connectivity index (χ3n) is 7.21. The zero-order valence-electron chi connectivity index (χ0n) is 22.1. The molecule has 0 saturated carbocycles. The molecular formula is C32H32FN3O3. The number of halogens is 1. The Morgan fingerprint density at radius 2 is 1.54 bits per heavy atom. The molecule has 7 heteroatoms. The number of hydrogen-bond acceptors (Lipinski definition) is 4. The van der Waals surface area contributed by atoms with E-state index < -0.39 is 0 Å². The van der Waals surface area contributed by atoms with Crippen molar-refractivity contribution in [3.05, 3.63) is 108 Å². The molecule has 0 aromatic heterocycles. The van der Waals surface area contributed by atoms with Gasteiger partial charge in [0.2, 0.25) is 0 Å². The van der Waals surface area contributed by atoms with Crippen LogP contribution in [0.5, 0.6) is 5.75 Å². The number of ether oxygens (including phenoxy) is 1. The minimum atomic E-state index is -0.300. The van der Waals surface area contributed by atoms with Crippen LogP contribution in [0, 0.1) is 5.82 Å². The molecule has 1 N–H and O–H groups in total. The fourth-order valence-corrected chi connectivity index (χ4v) is 5.05. The summed E-state index contributed by atoms with van der Waals surface area (Å²) in [6, 6.07) is 27.2. The number of amides is 2. The van der Waals surface area contributed by atoms with Crippen LogP contribution in [0.3, 0.4) is 0 Å². The van der Waals surface area contributed by atoms with Crippen molar-refractivity contribution in [2.45, 2.75) is 32.5 Å². The van der Waals surface area contributed by atoms with Crippen molar-refractivity contribution >= 4 is 28.3 Å². The summed E-state index contributed by atoms with van der Waals surface area (Å²) in [6.45, 7) is 5.90. The summed E-state index contributed by atoms with van der Waals surface area (Å²) in [5, 5.41) is 4.75. The topological polar surface area (TPSA) is 61.9 Å². The average molecular weight is 526 g/mol. The van der Waals surface area contributed by atoms with Crippen LogP contribution in [0.2, 0.25) is 0 Å². The van der Waals surface area contributed by atoms with Gasteiger partial charge in [-0.1, -0.05) is 54.6 Å². The normalized spacial score (nSPS) is 17.7. The number of benzene rings is 4. The van der Waals surface area contributed by atoms with Crippen molar-refractivity contribution in [2.24, 2.45) is 0 Å². The quantitative estimate of drug-likeness (QED) is 0.335. The number of nitrogens with zero attached hydrogens (tertiary/aromatic N) is 2. The van der Waals surface area contributed by atoms with Gasteiger partial charge < -0.3 is 15.0 Å². The van der Waals surface area contributed by atoms with Gasteiger partial charge in [0.05, 0.1) is 5.56 Å². The van der Waals surface area contributed by atoms with E-state index in [2.05, 4.69) is 17.1 Å². The van der Waals surface area contributed by atoms with Gasteiger partial charge in [0.15, 0.2) is 6.61 Å². The molecule has 4 aromatic rings. The minimum Gasteiger partial charge on any atom is -0.483 e. The summed E-state index contributed by atoms with van der Waals surface area (Å²) >= 11 is 0. The van der Waals surface area contributed by atoms with Crippen LogP contribution in [0.1, 0.15) is 29.8 Å². The monoisotopic (exact) mass is 525 g/mol. The Hall–Kier alpha value is -4.23. The fourth-order valence-electron chi connectivity index (χ4n) is 5.05. The van der Waals surface area contributed by atoms with Crippen LogP contribution in [-0.4, -0.2) is 53.4 Å². The molecule has 2 amide bonds. The lowest BCUT2D eigenvalue weighted by atomic mass is 10.0. The third kappa shape index (κ3) is 6.26. The molecule has 2 atom stereocenters. The molecule has 1 aliphatic rings. The summed E-state index contributed by atoms with van der Waals surface area (Å²) in [7, 11) is 0. The lowest BCUT2D eigenvalue weighted by Crippen LogP contribution is -2.58. The molecule has 5 rings (SSSR count). The van der Waals surface area contributed by atoms with Gasteiger partial charge in [-0.25, -0.2) is 4.39 Å². The SMILES string of the molecule is C[C@@H]1CN(Cc2ccc(F)cc2)[C@@H](C)CN1C(=O)COc1cc2ccccc2cc1C(=O)Nc1ccccc1. The van der Waals surface area contributed by atoms with Gasteiger partial charge in [-0.15, -0.1) is 0 Å². The number of fused-ring (bicyclic) bond motifs is 1. The molecule has 0 spiro atoms. The lowest BCUT2D eigenvalue weighted by molar-refractivity contribution is -0.139. The molecule has 0 aliphatic carbocycles. The Balaban J connectivity index is 1.28. The second kappa shape index (κ2) is 11.7. The van der Waals surface area contributed by atoms with E-state index >= 15 is 0 Å². The molecule has 1 aliphatic heterocycles. The molecule has 1 heterocycles. The molecule has 0 unspecified atom stereocenters. The Morgan fingerprint density at radius 1 is 0.872 bits per heavy atom. The van der Waals surface area contributed by atoms with Crippen molar-refractivity contribution < 1.29 is 18.7 Å². The van der Waals surface area contributed by atoms with Crippen molar-refractivity contribution in [3.8, 4) is 5.75 Å². The summed E-state index contributed by atoms with van der Waals surface area (Å²) in [6.07, 6.45) is 0. The Labute approximate surface area is 228 Å². The van der Waals surface area contributed by atoms with Crippen LogP contribution in [0.4, 0.5) is 10.1 Å². The van der Waals surface area contributed by atoms with Crippen molar-refractivity contribution in [1.29, 1.82) is 0 Å². The Morgan fingerprint density at radius 3 is 2.26 bits per heavy atom. The van der Waals surface area contributed by atoms with Crippen LogP contribution in [0.15, 0.2) is 91.0 Å². The number of hydrogen-bond donors (Lipinski definition) is 1. The highest BCUT2D eigenvalue weighted by Crippen LogP contribution is 2.28. The largest absolute Gasteiger partial charge is 0.483 e. The van der Waals surface area contributed by atoms with Gasteiger partial charge in [-0.3, -0.25) is 14.5 Å². The minimum absolute atomic E-state index is 0.0183. The molecule has 6 nitrogen and oxygen atoms in total. The van der Waals surface area contributed by atoms with Crippen molar-refractivity contribution in [3.63, 3.8) is 0 Å². The van der Waals surface area contributed by atoms with E-state index in [9.17, 15) is 14.0 Å². The van der Waals surface area contributed by atoms with Crippen LogP contribution >= 0.6 is 0 Å². The number of rotatable bonds is 7. The second-order valence-corrected chi connectivity index (χ2v) is 10.1. The van der Waals surface area contributed by atoms with Gasteiger partial charge in [0.1, 0.15) is 11.6 Å². The molecule has 4 aromatic carbocycles. The molecule has 1 saturated heterocycles. The maximum atomic E-state index is 13.3. The highest BCUT2D eigenvalue weighted by Gasteiger charge is 2.32. The zero-order chi connectivity index (χ0) is 27.4. The Kier molecular flexibility index (Phi) is 7.89. The van der Waals surface area contributed by atoms with E-state index in [-0.39, 0.29) is 36.3 Å². The van der Waals surface area contributed by atoms with Gasteiger partial charge >= 0.3 is 0 Å². The van der Waals surface area contributed by atoms with Crippen LogP contribution in [-0.2, 0) is 11.3 Å².